The Bertz CT molecular complexity index is 705. The first kappa shape index (κ1) is 27.8. The Morgan fingerprint density at radius 3 is 2.36 bits per heavy atom. The van der Waals surface area contributed by atoms with Crippen molar-refractivity contribution in [3.05, 3.63) is 18.2 Å². The maximum atomic E-state index is 5.43. The van der Waals surface area contributed by atoms with Crippen molar-refractivity contribution in [1.82, 2.24) is 20.4 Å². The summed E-state index contributed by atoms with van der Waals surface area (Å²) in [6.07, 6.45) is 3.41. The van der Waals surface area contributed by atoms with Gasteiger partial charge in [0.25, 0.3) is 0 Å². The zero-order chi connectivity index (χ0) is 22.8. The van der Waals surface area contributed by atoms with Crippen molar-refractivity contribution in [2.24, 2.45) is 4.99 Å². The highest BCUT2D eigenvalue weighted by Crippen LogP contribution is 2.30. The first-order valence-corrected chi connectivity index (χ1v) is 12.0. The molecule has 1 aromatic carbocycles. The van der Waals surface area contributed by atoms with Crippen molar-refractivity contribution < 1.29 is 9.47 Å². The van der Waals surface area contributed by atoms with Gasteiger partial charge in [0, 0.05) is 82.3 Å². The number of aliphatic imine (C=N–C) groups is 1. The van der Waals surface area contributed by atoms with Gasteiger partial charge in [0.1, 0.15) is 11.5 Å². The average molecular weight is 575 g/mol. The molecule has 9 heteroatoms. The number of anilines is 1. The second-order valence-electron chi connectivity index (χ2n) is 8.76. The number of nitrogens with zero attached hydrogens (tertiary/aromatic N) is 4. The average Bonchev–Trinajstić information content (AvgIpc) is 3.28. The zero-order valence-electron chi connectivity index (χ0n) is 20.8. The topological polar surface area (TPSA) is 64.6 Å². The van der Waals surface area contributed by atoms with Crippen molar-refractivity contribution in [2.75, 3.05) is 85.1 Å². The largest absolute Gasteiger partial charge is 0.497 e. The first-order valence-electron chi connectivity index (χ1n) is 12.0. The molecule has 0 amide bonds. The molecular weight excluding hydrogens is 531 g/mol. The molecule has 8 nitrogen and oxygen atoms in total. The normalized spacial score (nSPS) is 19.8. The number of likely N-dealkylation sites (N-methyl/N-ethyl adjacent to an activating group) is 1. The molecule has 2 saturated heterocycles. The Balaban J connectivity index is 0.00000385. The second-order valence-corrected chi connectivity index (χ2v) is 8.76. The van der Waals surface area contributed by atoms with Crippen LogP contribution in [0.4, 0.5) is 5.69 Å². The van der Waals surface area contributed by atoms with E-state index in [9.17, 15) is 0 Å². The molecule has 33 heavy (non-hydrogen) atoms. The van der Waals surface area contributed by atoms with E-state index in [1.54, 1.807) is 14.2 Å². The Morgan fingerprint density at radius 2 is 1.73 bits per heavy atom. The molecule has 0 bridgehead atoms. The molecule has 0 aliphatic carbocycles. The standard InChI is InChI=1S/C24H42N6O2.HI/c1-5-25-24(26-9-6-7-10-29-14-12-28(2)13-15-29)27-20-8-11-30(19-20)21-16-22(31-3)18-23(17-21)32-4;/h16-18,20H,5-15,19H2,1-4H3,(H2,25,26,27);1H. The van der Waals surface area contributed by atoms with E-state index < -0.39 is 0 Å². The molecule has 2 aliphatic rings. The van der Waals surface area contributed by atoms with Crippen molar-refractivity contribution in [2.45, 2.75) is 32.2 Å². The smallest absolute Gasteiger partial charge is 0.191 e. The lowest BCUT2D eigenvalue weighted by Gasteiger charge is -2.32. The number of ether oxygens (including phenoxy) is 2. The summed E-state index contributed by atoms with van der Waals surface area (Å²) < 4.78 is 10.9. The van der Waals surface area contributed by atoms with Crippen LogP contribution in [0.5, 0.6) is 11.5 Å². The van der Waals surface area contributed by atoms with Crippen molar-refractivity contribution in [3.63, 3.8) is 0 Å². The van der Waals surface area contributed by atoms with Crippen LogP contribution in [-0.2, 0) is 0 Å². The van der Waals surface area contributed by atoms with Gasteiger partial charge in [-0.05, 0) is 39.8 Å². The predicted octanol–water partition coefficient (Wildman–Crippen LogP) is 2.48. The third-order valence-corrected chi connectivity index (χ3v) is 6.32. The SMILES string of the molecule is CCNC(=NCCCCN1CCN(C)CC1)NC1CCN(c2cc(OC)cc(OC)c2)C1.I. The van der Waals surface area contributed by atoms with Crippen LogP contribution < -0.4 is 25.0 Å². The van der Waals surface area contributed by atoms with E-state index >= 15 is 0 Å². The maximum Gasteiger partial charge on any atom is 0.191 e. The van der Waals surface area contributed by atoms with E-state index in [0.29, 0.717) is 6.04 Å². The molecule has 1 aromatic rings. The molecule has 1 atom stereocenters. The van der Waals surface area contributed by atoms with Gasteiger partial charge < -0.3 is 34.8 Å². The fourth-order valence-corrected chi connectivity index (χ4v) is 4.31. The van der Waals surface area contributed by atoms with Gasteiger partial charge in [0.05, 0.1) is 14.2 Å². The molecule has 2 heterocycles. The monoisotopic (exact) mass is 574 g/mol. The Hall–Kier alpha value is -1.46. The highest BCUT2D eigenvalue weighted by molar-refractivity contribution is 14.0. The lowest BCUT2D eigenvalue weighted by atomic mass is 10.2. The minimum Gasteiger partial charge on any atom is -0.497 e. The molecule has 2 aliphatic heterocycles. The zero-order valence-corrected chi connectivity index (χ0v) is 23.1. The van der Waals surface area contributed by atoms with E-state index in [-0.39, 0.29) is 24.0 Å². The van der Waals surface area contributed by atoms with E-state index in [0.717, 1.165) is 62.2 Å². The third-order valence-electron chi connectivity index (χ3n) is 6.32. The van der Waals surface area contributed by atoms with Crippen molar-refractivity contribution in [1.29, 1.82) is 0 Å². The summed E-state index contributed by atoms with van der Waals surface area (Å²) in [6, 6.07) is 6.43. The minimum atomic E-state index is 0. The molecule has 0 aromatic heterocycles. The predicted molar refractivity (Wildman–Crippen MR) is 148 cm³/mol. The van der Waals surface area contributed by atoms with Gasteiger partial charge in [-0.25, -0.2) is 0 Å². The van der Waals surface area contributed by atoms with Gasteiger partial charge >= 0.3 is 0 Å². The number of guanidine groups is 1. The second kappa shape index (κ2) is 14.7. The van der Waals surface area contributed by atoms with E-state index in [1.807, 2.05) is 6.07 Å². The summed E-state index contributed by atoms with van der Waals surface area (Å²) in [7, 11) is 5.59. The fourth-order valence-electron chi connectivity index (χ4n) is 4.31. The number of benzene rings is 1. The molecule has 1 unspecified atom stereocenters. The van der Waals surface area contributed by atoms with Gasteiger partial charge in [-0.1, -0.05) is 0 Å². The molecule has 0 spiro atoms. The minimum absolute atomic E-state index is 0. The molecule has 188 valence electrons. The van der Waals surface area contributed by atoms with Crippen molar-refractivity contribution >= 4 is 35.6 Å². The summed E-state index contributed by atoms with van der Waals surface area (Å²) in [5.74, 6) is 2.58. The van der Waals surface area contributed by atoms with Crippen LogP contribution in [0.15, 0.2) is 23.2 Å². The summed E-state index contributed by atoms with van der Waals surface area (Å²) in [5.41, 5.74) is 1.14. The highest BCUT2D eigenvalue weighted by Gasteiger charge is 2.24. The van der Waals surface area contributed by atoms with Crippen molar-refractivity contribution in [3.8, 4) is 11.5 Å². The van der Waals surface area contributed by atoms with Crippen LogP contribution in [0, 0.1) is 0 Å². The van der Waals surface area contributed by atoms with Gasteiger partial charge in [-0.2, -0.15) is 0 Å². The van der Waals surface area contributed by atoms with Crippen LogP contribution >= 0.6 is 24.0 Å². The summed E-state index contributed by atoms with van der Waals surface area (Å²) >= 11 is 0. The number of halogens is 1. The number of unbranched alkanes of at least 4 members (excludes halogenated alkanes) is 1. The molecule has 0 radical (unpaired) electrons. The van der Waals surface area contributed by atoms with Crippen LogP contribution in [0.3, 0.4) is 0 Å². The van der Waals surface area contributed by atoms with E-state index in [2.05, 4.69) is 51.4 Å². The maximum absolute atomic E-state index is 5.43. The number of piperazine rings is 1. The Morgan fingerprint density at radius 1 is 1.03 bits per heavy atom. The van der Waals surface area contributed by atoms with Gasteiger partial charge in [0.2, 0.25) is 0 Å². The number of hydrogen-bond donors (Lipinski definition) is 2. The summed E-state index contributed by atoms with van der Waals surface area (Å²) in [4.78, 5) is 12.2. The molecular formula is C24H43IN6O2. The summed E-state index contributed by atoms with van der Waals surface area (Å²) in [6.45, 7) is 11.7. The molecule has 3 rings (SSSR count). The van der Waals surface area contributed by atoms with E-state index in [1.165, 1.54) is 39.1 Å². The van der Waals surface area contributed by atoms with Crippen LogP contribution in [-0.4, -0.2) is 102 Å². The first-order chi connectivity index (χ1) is 15.6. The quantitative estimate of drug-likeness (QED) is 0.193. The highest BCUT2D eigenvalue weighted by atomic mass is 127. The molecule has 2 N–H and O–H groups in total. The number of rotatable bonds is 10. The van der Waals surface area contributed by atoms with Crippen LogP contribution in [0.2, 0.25) is 0 Å². The molecule has 2 fully saturated rings. The number of hydrogen-bond acceptors (Lipinski definition) is 6. The lowest BCUT2D eigenvalue weighted by Crippen LogP contribution is -2.45. The lowest BCUT2D eigenvalue weighted by molar-refractivity contribution is 0.152. The molecule has 0 saturated carbocycles. The van der Waals surface area contributed by atoms with Crippen LogP contribution in [0.1, 0.15) is 26.2 Å². The third kappa shape index (κ3) is 9.01. The Kier molecular flexibility index (Phi) is 12.4. The van der Waals surface area contributed by atoms with Crippen LogP contribution in [0.25, 0.3) is 0 Å². The number of nitrogens with one attached hydrogen (secondary N) is 2. The van der Waals surface area contributed by atoms with Gasteiger partial charge in [0.15, 0.2) is 5.96 Å². The Labute approximate surface area is 217 Å². The van der Waals surface area contributed by atoms with Gasteiger partial charge in [-0.3, -0.25) is 4.99 Å². The van der Waals surface area contributed by atoms with E-state index in [4.69, 9.17) is 14.5 Å². The van der Waals surface area contributed by atoms with Gasteiger partial charge in [-0.15, -0.1) is 24.0 Å². The fraction of sp³-hybridized carbons (Fsp3) is 0.708. The summed E-state index contributed by atoms with van der Waals surface area (Å²) in [5, 5.41) is 7.05. The number of methoxy groups -OCH3 is 2.